The zero-order valence-electron chi connectivity index (χ0n) is 11.4. The van der Waals surface area contributed by atoms with Crippen molar-refractivity contribution in [3.63, 3.8) is 0 Å². The molecule has 0 heterocycles. The van der Waals surface area contributed by atoms with E-state index in [2.05, 4.69) is 5.32 Å². The van der Waals surface area contributed by atoms with Crippen LogP contribution in [0.2, 0.25) is 10.0 Å². The molecule has 0 saturated carbocycles. The number of halogens is 2. The maximum absolute atomic E-state index is 11.5. The number of carbonyl (C=O) groups is 2. The SMILES string of the molecule is CCCNC(=O)COc1c(Cl)cc(Cl)cc1/C=C/C(=O)O. The van der Waals surface area contributed by atoms with Crippen molar-refractivity contribution in [3.8, 4) is 5.75 Å². The van der Waals surface area contributed by atoms with Gasteiger partial charge in [0.15, 0.2) is 6.61 Å². The van der Waals surface area contributed by atoms with Gasteiger partial charge in [0.05, 0.1) is 5.02 Å². The average molecular weight is 332 g/mol. The first-order valence-electron chi connectivity index (χ1n) is 6.23. The Labute approximate surface area is 132 Å². The monoisotopic (exact) mass is 331 g/mol. The topological polar surface area (TPSA) is 75.6 Å². The molecule has 5 nitrogen and oxygen atoms in total. The number of nitrogens with one attached hydrogen (secondary N) is 1. The molecule has 0 aliphatic carbocycles. The third-order valence-corrected chi connectivity index (χ3v) is 2.86. The molecule has 0 aromatic heterocycles. The number of hydrogen-bond donors (Lipinski definition) is 2. The third-order valence-electron chi connectivity index (χ3n) is 2.36. The first-order chi connectivity index (χ1) is 9.93. The molecule has 7 heteroatoms. The summed E-state index contributed by atoms with van der Waals surface area (Å²) in [6, 6.07) is 2.96. The number of benzene rings is 1. The lowest BCUT2D eigenvalue weighted by atomic mass is 10.2. The lowest BCUT2D eigenvalue weighted by Gasteiger charge is -2.11. The van der Waals surface area contributed by atoms with Crippen LogP contribution < -0.4 is 10.1 Å². The molecule has 0 atom stereocenters. The second-order valence-electron chi connectivity index (χ2n) is 4.12. The number of rotatable bonds is 7. The van der Waals surface area contributed by atoms with Gasteiger partial charge in [-0.15, -0.1) is 0 Å². The van der Waals surface area contributed by atoms with Crippen LogP contribution in [0.25, 0.3) is 6.08 Å². The number of carboxylic acids is 1. The van der Waals surface area contributed by atoms with E-state index in [-0.39, 0.29) is 23.3 Å². The number of hydrogen-bond acceptors (Lipinski definition) is 3. The van der Waals surface area contributed by atoms with Gasteiger partial charge in [0, 0.05) is 23.2 Å². The van der Waals surface area contributed by atoms with Crippen molar-refractivity contribution in [3.05, 3.63) is 33.8 Å². The standard InChI is InChI=1S/C14H15Cl2NO4/c1-2-5-17-12(18)8-21-14-9(3-4-13(19)20)6-10(15)7-11(14)16/h3-4,6-7H,2,5,8H2,1H3,(H,17,18)(H,19,20)/b4-3+. The molecule has 1 amide bonds. The van der Waals surface area contributed by atoms with Crippen LogP contribution in [0.5, 0.6) is 5.75 Å². The Hall–Kier alpha value is -1.72. The number of aliphatic carboxylic acids is 1. The van der Waals surface area contributed by atoms with E-state index in [0.29, 0.717) is 17.1 Å². The molecule has 0 aliphatic heterocycles. The summed E-state index contributed by atoms with van der Waals surface area (Å²) in [5, 5.41) is 11.9. The van der Waals surface area contributed by atoms with Crippen molar-refractivity contribution >= 4 is 41.2 Å². The minimum Gasteiger partial charge on any atom is -0.482 e. The Morgan fingerprint density at radius 2 is 2.10 bits per heavy atom. The van der Waals surface area contributed by atoms with Crippen molar-refractivity contribution in [1.29, 1.82) is 0 Å². The zero-order valence-corrected chi connectivity index (χ0v) is 12.9. The van der Waals surface area contributed by atoms with Crippen LogP contribution in [0.3, 0.4) is 0 Å². The van der Waals surface area contributed by atoms with Crippen LogP contribution in [-0.4, -0.2) is 30.1 Å². The maximum atomic E-state index is 11.5. The maximum Gasteiger partial charge on any atom is 0.328 e. The van der Waals surface area contributed by atoms with Gasteiger partial charge in [0.1, 0.15) is 5.75 Å². The second-order valence-corrected chi connectivity index (χ2v) is 4.96. The highest BCUT2D eigenvalue weighted by molar-refractivity contribution is 6.36. The van der Waals surface area contributed by atoms with Gasteiger partial charge in [-0.05, 0) is 24.6 Å². The molecule has 1 aromatic carbocycles. The van der Waals surface area contributed by atoms with Crippen molar-refractivity contribution < 1.29 is 19.4 Å². The highest BCUT2D eigenvalue weighted by Gasteiger charge is 2.11. The van der Waals surface area contributed by atoms with Crippen LogP contribution in [-0.2, 0) is 9.59 Å². The number of carboxylic acid groups (broad SMARTS) is 1. The minimum atomic E-state index is -1.11. The summed E-state index contributed by atoms with van der Waals surface area (Å²) in [5.41, 5.74) is 0.387. The fraction of sp³-hybridized carbons (Fsp3) is 0.286. The largest absolute Gasteiger partial charge is 0.482 e. The van der Waals surface area contributed by atoms with Gasteiger partial charge in [-0.1, -0.05) is 30.1 Å². The van der Waals surface area contributed by atoms with E-state index in [1.165, 1.54) is 18.2 Å². The lowest BCUT2D eigenvalue weighted by molar-refractivity contribution is -0.131. The van der Waals surface area contributed by atoms with Gasteiger partial charge in [-0.2, -0.15) is 0 Å². The van der Waals surface area contributed by atoms with Gasteiger partial charge in [-0.3, -0.25) is 4.79 Å². The normalized spacial score (nSPS) is 10.6. The highest BCUT2D eigenvalue weighted by Crippen LogP contribution is 2.33. The van der Waals surface area contributed by atoms with Gasteiger partial charge in [0.25, 0.3) is 5.91 Å². The van der Waals surface area contributed by atoms with Gasteiger partial charge < -0.3 is 15.2 Å². The van der Waals surface area contributed by atoms with Crippen molar-refractivity contribution in [1.82, 2.24) is 5.32 Å². The van der Waals surface area contributed by atoms with Crippen molar-refractivity contribution in [2.24, 2.45) is 0 Å². The average Bonchev–Trinajstić information content (AvgIpc) is 2.41. The molecule has 21 heavy (non-hydrogen) atoms. The number of ether oxygens (including phenoxy) is 1. The van der Waals surface area contributed by atoms with Crippen LogP contribution in [0.4, 0.5) is 0 Å². The predicted octanol–water partition coefficient (Wildman–Crippen LogP) is 3.00. The molecule has 0 bridgehead atoms. The van der Waals surface area contributed by atoms with Crippen molar-refractivity contribution in [2.45, 2.75) is 13.3 Å². The molecule has 0 radical (unpaired) electrons. The van der Waals surface area contributed by atoms with E-state index < -0.39 is 5.97 Å². The Morgan fingerprint density at radius 3 is 2.71 bits per heavy atom. The fourth-order valence-corrected chi connectivity index (χ4v) is 2.03. The fourth-order valence-electron chi connectivity index (χ4n) is 1.47. The molecule has 0 unspecified atom stereocenters. The van der Waals surface area contributed by atoms with Crippen LogP contribution in [0.1, 0.15) is 18.9 Å². The lowest BCUT2D eigenvalue weighted by Crippen LogP contribution is -2.29. The highest BCUT2D eigenvalue weighted by atomic mass is 35.5. The first kappa shape index (κ1) is 17.3. The summed E-state index contributed by atoms with van der Waals surface area (Å²) < 4.78 is 5.37. The first-order valence-corrected chi connectivity index (χ1v) is 6.99. The minimum absolute atomic E-state index is 0.204. The third kappa shape index (κ3) is 6.06. The Balaban J connectivity index is 2.89. The van der Waals surface area contributed by atoms with Crippen LogP contribution >= 0.6 is 23.2 Å². The Kier molecular flexibility index (Phi) is 7.05. The van der Waals surface area contributed by atoms with E-state index in [4.69, 9.17) is 33.0 Å². The summed E-state index contributed by atoms with van der Waals surface area (Å²) in [7, 11) is 0. The van der Waals surface area contributed by atoms with Crippen LogP contribution in [0, 0.1) is 0 Å². The molecule has 1 aromatic rings. The van der Waals surface area contributed by atoms with Gasteiger partial charge in [0.2, 0.25) is 0 Å². The van der Waals surface area contributed by atoms with E-state index in [0.717, 1.165) is 12.5 Å². The molecule has 0 aliphatic rings. The molecule has 0 saturated heterocycles. The van der Waals surface area contributed by atoms with E-state index in [9.17, 15) is 9.59 Å². The molecule has 2 N–H and O–H groups in total. The molecule has 0 fully saturated rings. The molecular formula is C14H15Cl2NO4. The van der Waals surface area contributed by atoms with Crippen LogP contribution in [0.15, 0.2) is 18.2 Å². The zero-order chi connectivity index (χ0) is 15.8. The summed E-state index contributed by atoms with van der Waals surface area (Å²) in [6.07, 6.45) is 3.06. The van der Waals surface area contributed by atoms with E-state index in [1.54, 1.807) is 0 Å². The Bertz CT molecular complexity index is 558. The second kappa shape index (κ2) is 8.54. The predicted molar refractivity (Wildman–Crippen MR) is 81.9 cm³/mol. The summed E-state index contributed by atoms with van der Waals surface area (Å²) in [4.78, 5) is 22.1. The van der Waals surface area contributed by atoms with Crippen molar-refractivity contribution in [2.75, 3.05) is 13.2 Å². The summed E-state index contributed by atoms with van der Waals surface area (Å²) >= 11 is 11.9. The molecular weight excluding hydrogens is 317 g/mol. The summed E-state index contributed by atoms with van der Waals surface area (Å²) in [6.45, 7) is 2.28. The van der Waals surface area contributed by atoms with Gasteiger partial charge in [-0.25, -0.2) is 4.79 Å². The molecule has 114 valence electrons. The Morgan fingerprint density at radius 1 is 1.38 bits per heavy atom. The van der Waals surface area contributed by atoms with Gasteiger partial charge >= 0.3 is 5.97 Å². The summed E-state index contributed by atoms with van der Waals surface area (Å²) in [5.74, 6) is -1.18. The number of carbonyl (C=O) groups excluding carboxylic acids is 1. The molecule has 1 rings (SSSR count). The van der Waals surface area contributed by atoms with E-state index in [1.807, 2.05) is 6.92 Å². The smallest absolute Gasteiger partial charge is 0.328 e. The molecule has 0 spiro atoms. The van der Waals surface area contributed by atoms with E-state index >= 15 is 0 Å². The number of amides is 1. The quantitative estimate of drug-likeness (QED) is 0.753.